The van der Waals surface area contributed by atoms with Gasteiger partial charge in [0.1, 0.15) is 0 Å². The second-order valence-corrected chi connectivity index (χ2v) is 8.81. The Morgan fingerprint density at radius 1 is 1.07 bits per heavy atom. The molecule has 0 aliphatic heterocycles. The van der Waals surface area contributed by atoms with Gasteiger partial charge < -0.3 is 10.2 Å². The summed E-state index contributed by atoms with van der Waals surface area (Å²) in [7, 11) is 4.30. The molecule has 3 heteroatoms. The van der Waals surface area contributed by atoms with E-state index in [1.165, 1.54) is 36.8 Å². The highest BCUT2D eigenvalue weighted by Crippen LogP contribution is 2.28. The molecule has 2 unspecified atom stereocenters. The standard InChI is InChI=1S/C26H37ClN2/c1-5-28-19-23(16-15-22-10-7-6-8-11-22)12-9-13-25(20-29(3)4)24-17-14-21(2)26(27)18-24/h5-8,10-11,14,17-18,23,25,28H,1,9,12-13,15-16,19-20H2,2-4H3. The molecule has 0 aliphatic rings. The Kier molecular flexibility index (Phi) is 10.3. The van der Waals surface area contributed by atoms with E-state index in [2.05, 4.69) is 86.3 Å². The van der Waals surface area contributed by atoms with Gasteiger partial charge in [0, 0.05) is 18.1 Å². The van der Waals surface area contributed by atoms with Gasteiger partial charge in [0.15, 0.2) is 0 Å². The quantitative estimate of drug-likeness (QED) is 0.406. The van der Waals surface area contributed by atoms with Crippen molar-refractivity contribution in [2.75, 3.05) is 27.2 Å². The average Bonchev–Trinajstić information content (AvgIpc) is 2.71. The van der Waals surface area contributed by atoms with Gasteiger partial charge in [0.2, 0.25) is 0 Å². The van der Waals surface area contributed by atoms with Crippen LogP contribution in [0.5, 0.6) is 0 Å². The summed E-state index contributed by atoms with van der Waals surface area (Å²) in [6, 6.07) is 17.4. The van der Waals surface area contributed by atoms with E-state index in [1.807, 2.05) is 6.20 Å². The predicted molar refractivity (Wildman–Crippen MR) is 128 cm³/mol. The largest absolute Gasteiger partial charge is 0.391 e. The van der Waals surface area contributed by atoms with Crippen molar-refractivity contribution in [2.45, 2.75) is 44.9 Å². The molecule has 0 spiro atoms. The molecule has 0 aliphatic carbocycles. The van der Waals surface area contributed by atoms with Crippen LogP contribution in [0.1, 0.15) is 48.3 Å². The van der Waals surface area contributed by atoms with Gasteiger partial charge >= 0.3 is 0 Å². The SMILES string of the molecule is C=CNCC(CCCC(CN(C)C)c1ccc(C)c(Cl)c1)CCc1ccccc1. The van der Waals surface area contributed by atoms with Crippen LogP contribution in [0.15, 0.2) is 61.3 Å². The lowest BCUT2D eigenvalue weighted by Gasteiger charge is -2.23. The lowest BCUT2D eigenvalue weighted by molar-refractivity contribution is 0.345. The van der Waals surface area contributed by atoms with Crippen molar-refractivity contribution in [1.82, 2.24) is 10.2 Å². The number of rotatable bonds is 13. The van der Waals surface area contributed by atoms with Crippen LogP contribution in [-0.4, -0.2) is 32.1 Å². The maximum Gasteiger partial charge on any atom is 0.0438 e. The third-order valence-corrected chi connectivity index (χ3v) is 6.06. The lowest BCUT2D eigenvalue weighted by Crippen LogP contribution is -2.22. The smallest absolute Gasteiger partial charge is 0.0438 e. The van der Waals surface area contributed by atoms with Crippen LogP contribution in [-0.2, 0) is 6.42 Å². The highest BCUT2D eigenvalue weighted by atomic mass is 35.5. The number of nitrogens with zero attached hydrogens (tertiary/aromatic N) is 1. The second-order valence-electron chi connectivity index (χ2n) is 8.40. The molecule has 0 radical (unpaired) electrons. The van der Waals surface area contributed by atoms with Gasteiger partial charge in [-0.25, -0.2) is 0 Å². The van der Waals surface area contributed by atoms with Crippen molar-refractivity contribution < 1.29 is 0 Å². The van der Waals surface area contributed by atoms with Crippen LogP contribution >= 0.6 is 11.6 Å². The fourth-order valence-electron chi connectivity index (χ4n) is 3.93. The van der Waals surface area contributed by atoms with E-state index in [-0.39, 0.29) is 0 Å². The number of hydrogen-bond donors (Lipinski definition) is 1. The van der Waals surface area contributed by atoms with Gasteiger partial charge in [0.05, 0.1) is 0 Å². The first-order valence-electron chi connectivity index (χ1n) is 10.8. The molecule has 0 amide bonds. The highest BCUT2D eigenvalue weighted by Gasteiger charge is 2.16. The fourth-order valence-corrected chi connectivity index (χ4v) is 4.12. The number of halogens is 1. The molecule has 0 saturated heterocycles. The van der Waals surface area contributed by atoms with E-state index in [9.17, 15) is 0 Å². The Morgan fingerprint density at radius 2 is 1.83 bits per heavy atom. The van der Waals surface area contributed by atoms with E-state index in [1.54, 1.807) is 0 Å². The van der Waals surface area contributed by atoms with Crippen molar-refractivity contribution in [3.63, 3.8) is 0 Å². The summed E-state index contributed by atoms with van der Waals surface area (Å²) in [4.78, 5) is 2.28. The summed E-state index contributed by atoms with van der Waals surface area (Å²) < 4.78 is 0. The lowest BCUT2D eigenvalue weighted by atomic mass is 9.88. The van der Waals surface area contributed by atoms with Crippen molar-refractivity contribution in [3.8, 4) is 0 Å². The number of benzene rings is 2. The van der Waals surface area contributed by atoms with E-state index >= 15 is 0 Å². The number of aryl methyl sites for hydroxylation is 2. The molecule has 0 fully saturated rings. The maximum atomic E-state index is 6.40. The highest BCUT2D eigenvalue weighted by molar-refractivity contribution is 6.31. The summed E-state index contributed by atoms with van der Waals surface area (Å²) in [5.41, 5.74) is 3.94. The van der Waals surface area contributed by atoms with Crippen LogP contribution in [0.25, 0.3) is 0 Å². The number of likely N-dealkylation sites (N-methyl/N-ethyl adjacent to an activating group) is 1. The van der Waals surface area contributed by atoms with Crippen LogP contribution in [0.2, 0.25) is 5.02 Å². The van der Waals surface area contributed by atoms with Crippen molar-refractivity contribution in [3.05, 3.63) is 83.0 Å². The molecule has 158 valence electrons. The molecule has 2 aromatic rings. The molecule has 0 aromatic heterocycles. The van der Waals surface area contributed by atoms with Gasteiger partial charge in [-0.2, -0.15) is 0 Å². The topological polar surface area (TPSA) is 15.3 Å². The summed E-state index contributed by atoms with van der Waals surface area (Å²) in [5.74, 6) is 1.18. The normalized spacial score (nSPS) is 13.3. The van der Waals surface area contributed by atoms with Crippen LogP contribution in [0.4, 0.5) is 0 Å². The van der Waals surface area contributed by atoms with Crippen LogP contribution in [0.3, 0.4) is 0 Å². The fraction of sp³-hybridized carbons (Fsp3) is 0.462. The van der Waals surface area contributed by atoms with E-state index in [0.29, 0.717) is 11.8 Å². The molecule has 2 nitrogen and oxygen atoms in total. The maximum absolute atomic E-state index is 6.40. The Bertz CT molecular complexity index is 727. The molecular formula is C26H37ClN2. The Balaban J connectivity index is 1.93. The zero-order valence-electron chi connectivity index (χ0n) is 18.3. The molecule has 0 bridgehead atoms. The average molecular weight is 413 g/mol. The van der Waals surface area contributed by atoms with Crippen LogP contribution < -0.4 is 5.32 Å². The molecule has 0 saturated carbocycles. The molecule has 2 rings (SSSR count). The minimum Gasteiger partial charge on any atom is -0.391 e. The van der Waals surface area contributed by atoms with Gasteiger partial charge in [-0.1, -0.05) is 67.1 Å². The first kappa shape index (κ1) is 23.5. The Hall–Kier alpha value is -1.77. The van der Waals surface area contributed by atoms with E-state index < -0.39 is 0 Å². The molecule has 1 N–H and O–H groups in total. The molecule has 2 aromatic carbocycles. The summed E-state index contributed by atoms with van der Waals surface area (Å²) in [6.07, 6.45) is 7.81. The van der Waals surface area contributed by atoms with Crippen LogP contribution in [0, 0.1) is 12.8 Å². The molecule has 0 heterocycles. The molecule has 29 heavy (non-hydrogen) atoms. The van der Waals surface area contributed by atoms with Gasteiger partial charge in [-0.15, -0.1) is 0 Å². The summed E-state index contributed by atoms with van der Waals surface area (Å²) >= 11 is 6.40. The van der Waals surface area contributed by atoms with E-state index in [4.69, 9.17) is 11.6 Å². The number of hydrogen-bond acceptors (Lipinski definition) is 2. The Labute approximate surface area is 183 Å². The second kappa shape index (κ2) is 12.7. The van der Waals surface area contributed by atoms with Gasteiger partial charge in [-0.3, -0.25) is 0 Å². The Morgan fingerprint density at radius 3 is 2.48 bits per heavy atom. The summed E-state index contributed by atoms with van der Waals surface area (Å²) in [5, 5.41) is 4.22. The summed E-state index contributed by atoms with van der Waals surface area (Å²) in [6.45, 7) is 7.94. The molecule has 2 atom stereocenters. The number of nitrogens with one attached hydrogen (secondary N) is 1. The first-order valence-corrected chi connectivity index (χ1v) is 11.2. The predicted octanol–water partition coefficient (Wildman–Crippen LogP) is 6.45. The third-order valence-electron chi connectivity index (χ3n) is 5.65. The third kappa shape index (κ3) is 8.64. The van der Waals surface area contributed by atoms with Gasteiger partial charge in [0.25, 0.3) is 0 Å². The molecular weight excluding hydrogens is 376 g/mol. The van der Waals surface area contributed by atoms with Gasteiger partial charge in [-0.05, 0) is 87.5 Å². The van der Waals surface area contributed by atoms with Crippen molar-refractivity contribution >= 4 is 11.6 Å². The van der Waals surface area contributed by atoms with E-state index in [0.717, 1.165) is 30.1 Å². The van der Waals surface area contributed by atoms with Crippen molar-refractivity contribution in [1.29, 1.82) is 0 Å². The first-order chi connectivity index (χ1) is 14.0. The minimum absolute atomic E-state index is 0.519. The monoisotopic (exact) mass is 412 g/mol. The zero-order chi connectivity index (χ0) is 21.1. The zero-order valence-corrected chi connectivity index (χ0v) is 19.1. The minimum atomic E-state index is 0.519. The van der Waals surface area contributed by atoms with Crippen molar-refractivity contribution in [2.24, 2.45) is 5.92 Å².